The average molecular weight is 1970 g/mol. The first-order valence-corrected chi connectivity index (χ1v) is 47.9. The molecule has 744 valence electrons. The first-order chi connectivity index (χ1) is 64.7. The van der Waals surface area contributed by atoms with E-state index in [0.29, 0.717) is 117 Å². The van der Waals surface area contributed by atoms with Crippen LogP contribution in [-0.4, -0.2) is 258 Å². The number of nitrogens with zero attached hydrogens (tertiary/aromatic N) is 5. The highest BCUT2D eigenvalue weighted by atomic mass is 32.1. The van der Waals surface area contributed by atoms with Gasteiger partial charge in [0.15, 0.2) is 38.4 Å². The molecule has 6 fully saturated rings. The second kappa shape index (κ2) is 58.9. The first kappa shape index (κ1) is 116. The van der Waals surface area contributed by atoms with Crippen molar-refractivity contribution < 1.29 is 145 Å². The number of benzene rings is 2. The number of hydrogen-bond acceptors (Lipinski definition) is 40. The number of aromatic nitrogens is 3. The number of rotatable bonds is 40. The molecule has 6 aliphatic rings. The van der Waals surface area contributed by atoms with E-state index in [1.165, 1.54) is 90.6 Å². The Morgan fingerprint density at radius 1 is 0.453 bits per heavy atom. The van der Waals surface area contributed by atoms with Gasteiger partial charge in [-0.25, -0.2) is 19.7 Å². The molecule has 18 N–H and O–H groups in total. The second-order valence-electron chi connectivity index (χ2n) is 35.1. The van der Waals surface area contributed by atoms with Gasteiger partial charge in [-0.05, 0) is 163 Å². The molecule has 0 bridgehead atoms. The van der Waals surface area contributed by atoms with Crippen LogP contribution < -0.4 is 33.6 Å². The third-order valence-corrected chi connectivity index (χ3v) is 24.7. The lowest BCUT2D eigenvalue weighted by Gasteiger charge is -2.31. The Kier molecular flexibility index (Phi) is 49.8. The molecule has 41 nitrogen and oxygen atoms in total. The lowest BCUT2D eigenvalue weighted by atomic mass is 9.64. The van der Waals surface area contributed by atoms with Crippen molar-refractivity contribution in [2.24, 2.45) is 16.0 Å². The van der Waals surface area contributed by atoms with Gasteiger partial charge in [0, 0.05) is 159 Å². The highest BCUT2D eigenvalue weighted by Gasteiger charge is 2.44. The number of ketones is 10. The van der Waals surface area contributed by atoms with Crippen molar-refractivity contribution in [2.75, 3.05) is 24.3 Å². The molecule has 0 unspecified atom stereocenters. The first-order valence-electron chi connectivity index (χ1n) is 45.2. The summed E-state index contributed by atoms with van der Waals surface area (Å²) in [7, 11) is -5.09. The van der Waals surface area contributed by atoms with Crippen LogP contribution in [0.4, 0.5) is 15.4 Å². The summed E-state index contributed by atoms with van der Waals surface area (Å²) >= 11 is 3.58. The third-order valence-electron chi connectivity index (χ3n) is 22.6. The van der Waals surface area contributed by atoms with Crippen molar-refractivity contribution >= 4 is 185 Å². The summed E-state index contributed by atoms with van der Waals surface area (Å²) in [5, 5.41) is 96.6. The molecule has 0 radical (unpaired) electrons. The zero-order chi connectivity index (χ0) is 101. The minimum Gasteiger partial charge on any atom is -0.480 e. The number of aliphatic carboxylic acids is 2. The molecular weight excluding hydrogens is 1840 g/mol. The van der Waals surface area contributed by atoms with Gasteiger partial charge in [0.2, 0.25) is 11.5 Å². The van der Waals surface area contributed by atoms with Gasteiger partial charge in [-0.1, -0.05) is 58.8 Å². The molecule has 0 spiro atoms. The van der Waals surface area contributed by atoms with E-state index in [1.807, 2.05) is 36.4 Å². The van der Waals surface area contributed by atoms with E-state index < -0.39 is 89.8 Å². The van der Waals surface area contributed by atoms with Crippen molar-refractivity contribution in [3.63, 3.8) is 0 Å². The van der Waals surface area contributed by atoms with Crippen LogP contribution in [0.3, 0.4) is 0 Å². The van der Waals surface area contributed by atoms with Crippen LogP contribution in [0.2, 0.25) is 23.3 Å². The van der Waals surface area contributed by atoms with E-state index in [4.69, 9.17) is 70.7 Å². The van der Waals surface area contributed by atoms with Gasteiger partial charge in [-0.2, -0.15) is 0 Å². The van der Waals surface area contributed by atoms with Gasteiger partial charge >= 0.3 is 54.6 Å². The number of carbonyl (C=O) groups excluding carboxylic acids is 12. The standard InChI is InChI=1S/C17H24BN3O7S.C17H23BO4.C14H20BN3O5S.C14H18BNO4.C13H22BNO6.C12H18BN3O4S/c1-9(22)6-11-5-4-10(18(26)27-11)7-13(23)14(12-8-29-16(19)20-12)21-28-17(2,3)15(24)25;1-13(19)11-17-10-8-15(18(21)22-17)12-16(20)9-7-14-5-3-2-4-6-14;1-8(19)5-10-4-3-9(15(21)23-10)6-12(20)13(18-22-2)11-7-24-14(16)17-11;1-10(17)9-12-7-8-13(15(19)20-12)16-14(18)11-5-3-2-4-6-11;1-8(16)6-11-4-2-9(14(20)21-11)7-10(17)3-5-12(15)13(18)19;1-7(17)4-9-2-3-10(13(19)20-9)16-11(18)5-8-6-21-12(14)15-8/h8,10-11,26H,4-7H2,1-3H3,(H2,19,20)(H,24,25);2-6,15,17,21H,7-12H2,1H3;7,9-10,21H,3-6H2,1-2H3,(H2,16,17);2-6,12-13,19H,7-9H2,1H3,(H,16,18);9,11-12,20H,2-7,15H2,1H3,(H,18,19);6,9-10,19H,2-5H2,1H3,(H2,14,15)(H,16,18)/b21-14-;;18-13-;;;/t10-,11+;15-,17+;9-,10+;12-,13-;9-,11+,12+;9-,10-/m111010/s1. The van der Waals surface area contributed by atoms with Crippen molar-refractivity contribution in [3.05, 3.63) is 105 Å². The molecule has 5 aromatic rings. The predicted molar refractivity (Wildman–Crippen MR) is 513 cm³/mol. The zero-order valence-corrected chi connectivity index (χ0v) is 80.8. The van der Waals surface area contributed by atoms with Gasteiger partial charge in [-0.3, -0.25) is 62.3 Å². The molecule has 0 saturated carbocycles. The fourth-order valence-electron chi connectivity index (χ4n) is 15.4. The minimum atomic E-state index is -1.65. The molecule has 11 rings (SSSR count). The normalized spacial score (nSPS) is 21.9. The van der Waals surface area contributed by atoms with E-state index in [2.05, 4.69) is 35.9 Å². The number of carboxylic acids is 2. The number of nitrogens with one attached hydrogen (secondary N) is 2. The molecule has 0 aliphatic carbocycles. The fraction of sp³-hybridized carbons (Fsp3) is 0.575. The number of aryl methyl sites for hydroxylation is 1. The van der Waals surface area contributed by atoms with Crippen LogP contribution >= 0.6 is 34.0 Å². The number of nitrogens with two attached hydrogens (primary N) is 4. The van der Waals surface area contributed by atoms with E-state index in [1.54, 1.807) is 35.0 Å². The highest BCUT2D eigenvalue weighted by Crippen LogP contribution is 2.37. The van der Waals surface area contributed by atoms with Crippen molar-refractivity contribution in [1.82, 2.24) is 25.6 Å². The van der Waals surface area contributed by atoms with Gasteiger partial charge in [0.25, 0.3) is 5.91 Å². The summed E-state index contributed by atoms with van der Waals surface area (Å²) in [5.74, 6) is -5.74. The topological polar surface area (TPSA) is 666 Å². The monoisotopic (exact) mass is 1970 g/mol. The van der Waals surface area contributed by atoms with Crippen molar-refractivity contribution in [1.29, 1.82) is 0 Å². The zero-order valence-electron chi connectivity index (χ0n) is 78.4. The number of thiazole rings is 3. The molecule has 137 heavy (non-hydrogen) atoms. The Morgan fingerprint density at radius 2 is 0.796 bits per heavy atom. The fourth-order valence-corrected chi connectivity index (χ4v) is 17.1. The van der Waals surface area contributed by atoms with E-state index in [9.17, 15) is 97.3 Å². The number of carbonyl (C=O) groups is 14. The number of amides is 2. The highest BCUT2D eigenvalue weighted by molar-refractivity contribution is 7.14. The molecule has 6 saturated heterocycles. The molecule has 2 amide bonds. The Hall–Kier alpha value is -9.88. The van der Waals surface area contributed by atoms with Crippen molar-refractivity contribution in [2.45, 2.75) is 312 Å². The Morgan fingerprint density at radius 3 is 1.13 bits per heavy atom. The average Bonchev–Trinajstić information content (AvgIpc) is 1.73. The van der Waals surface area contributed by atoms with E-state index in [0.717, 1.165) is 36.2 Å². The predicted octanol–water partition coefficient (Wildman–Crippen LogP) is 5.95. The molecule has 3 aromatic heterocycles. The smallest absolute Gasteiger partial charge is 0.478 e. The summed E-state index contributed by atoms with van der Waals surface area (Å²) in [6.07, 6.45) is 9.29. The van der Waals surface area contributed by atoms with Gasteiger partial charge in [0.1, 0.15) is 70.8 Å². The minimum absolute atomic E-state index is 0.00406. The second-order valence-corrected chi connectivity index (χ2v) is 37.8. The summed E-state index contributed by atoms with van der Waals surface area (Å²) in [4.78, 5) is 183. The number of carboxylic acid groups (broad SMARTS) is 2. The van der Waals surface area contributed by atoms with Crippen LogP contribution in [0.5, 0.6) is 0 Å². The maximum atomic E-state index is 12.9. The molecule has 13 atom stereocenters. The van der Waals surface area contributed by atoms with Crippen LogP contribution in [-0.2, 0) is 113 Å². The number of oxime groups is 2. The third kappa shape index (κ3) is 43.2. The van der Waals surface area contributed by atoms with Gasteiger partial charge in [0.05, 0.1) is 24.0 Å². The SMILES string of the molecule is CC(=O)C[C@@H]1CC[C@H](CC(=O)/C(=N\OC(C)(C)C(=O)O)c2csc(N)n2)B(O)O1.CC(=O)C[C@@H]1CC[C@H](CC(=O)CC[C@H](N)C(=O)O)B(O)O1.CC(=O)C[C@@H]1CC[C@H](CC(=O)CCc2ccccc2)B(O)O1.CC(=O)C[C@@H]1CC[C@H](NC(=O)Cc2csc(N)n2)B(O)O1.CC(=O)C[C@@H]1CC[C@H](NC(=O)c2ccccc2)B(O)O1.CO/N=C(\C(=O)C[C@H]1CC[C@@H](CC(C)=O)OB1O)c1csc(N)n1. The summed E-state index contributed by atoms with van der Waals surface area (Å²) < 4.78 is 32.4. The summed E-state index contributed by atoms with van der Waals surface area (Å²) in [5.41, 5.74) is 23.1. The van der Waals surface area contributed by atoms with Crippen LogP contribution in [0, 0.1) is 0 Å². The molecule has 6 aliphatic heterocycles. The van der Waals surface area contributed by atoms with Crippen molar-refractivity contribution in [3.8, 4) is 0 Å². The maximum absolute atomic E-state index is 12.9. The van der Waals surface area contributed by atoms with Gasteiger partial charge < -0.3 is 112 Å². The largest absolute Gasteiger partial charge is 0.480 e. The molecular formula is C87H125B6N11O30S3. The summed E-state index contributed by atoms with van der Waals surface area (Å²) in [6.45, 7) is 11.5. The lowest BCUT2D eigenvalue weighted by Crippen LogP contribution is -2.53. The number of anilines is 3. The Balaban J connectivity index is 0.000000253. The maximum Gasteiger partial charge on any atom is 0.478 e. The molecule has 9 heterocycles. The number of nitrogen functional groups attached to an aromatic ring is 3. The molecule has 2 aromatic carbocycles. The van der Waals surface area contributed by atoms with Crippen LogP contribution in [0.15, 0.2) is 87.1 Å². The van der Waals surface area contributed by atoms with E-state index >= 15 is 0 Å². The quantitative estimate of drug-likeness (QED) is 0.0122. The Labute approximate surface area is 808 Å². The van der Waals surface area contributed by atoms with Crippen LogP contribution in [0.25, 0.3) is 0 Å². The van der Waals surface area contributed by atoms with Crippen LogP contribution in [0.1, 0.15) is 249 Å². The van der Waals surface area contributed by atoms with Gasteiger partial charge in [-0.15, -0.1) is 34.0 Å². The van der Waals surface area contributed by atoms with E-state index in [-0.39, 0.29) is 204 Å². The summed E-state index contributed by atoms with van der Waals surface area (Å²) in [6, 6.07) is 17.7. The molecule has 50 heteroatoms. The number of hydrogen-bond donors (Lipinski definition) is 14. The Bertz CT molecular complexity index is 4870. The lowest BCUT2D eigenvalue weighted by molar-refractivity contribution is -0.161. The number of Topliss-reactive ketones (excluding diaryl/α,β-unsaturated/α-hetero) is 10.